The molecule has 0 amide bonds. The molecule has 0 saturated heterocycles. The molecule has 0 N–H and O–H groups in total. The van der Waals surface area contributed by atoms with Crippen molar-refractivity contribution in [2.45, 2.75) is 30.7 Å². The van der Waals surface area contributed by atoms with Gasteiger partial charge in [-0.2, -0.15) is 9.57 Å². The van der Waals surface area contributed by atoms with E-state index in [1.807, 2.05) is 13.0 Å². The van der Waals surface area contributed by atoms with Crippen LogP contribution < -0.4 is 0 Å². The minimum Gasteiger partial charge on any atom is -0.207 e. The molecule has 0 aliphatic heterocycles. The number of nitriles is 1. The molecule has 1 aromatic rings. The topological polar surface area (TPSA) is 61.2 Å². The van der Waals surface area contributed by atoms with Crippen LogP contribution in [0.2, 0.25) is 5.02 Å². The lowest BCUT2D eigenvalue weighted by atomic mass is 10.2. The van der Waals surface area contributed by atoms with E-state index in [0.29, 0.717) is 5.92 Å². The van der Waals surface area contributed by atoms with E-state index in [1.54, 1.807) is 7.05 Å². The Bertz CT molecular complexity index is 633. The zero-order chi connectivity index (χ0) is 14.2. The van der Waals surface area contributed by atoms with Crippen LogP contribution in [0.5, 0.6) is 0 Å². The van der Waals surface area contributed by atoms with Crippen LogP contribution in [0.3, 0.4) is 0 Å². The average molecular weight is 299 g/mol. The van der Waals surface area contributed by atoms with E-state index in [-0.39, 0.29) is 21.5 Å². The van der Waals surface area contributed by atoms with Gasteiger partial charge < -0.3 is 0 Å². The quantitative estimate of drug-likeness (QED) is 0.858. The molecule has 0 heterocycles. The van der Waals surface area contributed by atoms with Crippen LogP contribution in [-0.2, 0) is 10.0 Å². The van der Waals surface area contributed by atoms with E-state index >= 15 is 0 Å². The van der Waals surface area contributed by atoms with Gasteiger partial charge in [-0.25, -0.2) is 8.42 Å². The summed E-state index contributed by atoms with van der Waals surface area (Å²) in [5.41, 5.74) is 0.287. The lowest BCUT2D eigenvalue weighted by Crippen LogP contribution is -2.36. The smallest absolute Gasteiger partial charge is 0.207 e. The minimum absolute atomic E-state index is 0.00298. The van der Waals surface area contributed by atoms with Gasteiger partial charge in [-0.15, -0.1) is 0 Å². The maximum absolute atomic E-state index is 12.5. The van der Waals surface area contributed by atoms with Crippen molar-refractivity contribution in [3.8, 4) is 6.07 Å². The summed E-state index contributed by atoms with van der Waals surface area (Å²) in [5.74, 6) is 0.428. The maximum atomic E-state index is 12.5. The van der Waals surface area contributed by atoms with Gasteiger partial charge in [0, 0.05) is 13.1 Å². The standard InChI is InChI=1S/C13H15ClN2O2S/c1-9(11-4-5-11)16(2)19(17,18)13-7-10(8-15)3-6-12(13)14/h3,6-7,9,11H,4-5H2,1-2H3. The highest BCUT2D eigenvalue weighted by Gasteiger charge is 2.36. The molecule has 1 aliphatic carbocycles. The molecule has 1 saturated carbocycles. The van der Waals surface area contributed by atoms with E-state index in [9.17, 15) is 8.42 Å². The molecule has 102 valence electrons. The lowest BCUT2D eigenvalue weighted by Gasteiger charge is -2.24. The monoisotopic (exact) mass is 298 g/mol. The molecule has 1 aliphatic rings. The molecule has 0 aromatic heterocycles. The Kier molecular flexibility index (Phi) is 3.86. The number of halogens is 1. The first kappa shape index (κ1) is 14.3. The normalized spacial score (nSPS) is 17.2. The molecule has 1 unspecified atom stereocenters. The summed E-state index contributed by atoms with van der Waals surface area (Å²) < 4.78 is 26.4. The first-order valence-corrected chi connectivity index (χ1v) is 7.87. The summed E-state index contributed by atoms with van der Waals surface area (Å²) in [5, 5.41) is 9.01. The second-order valence-corrected chi connectivity index (χ2v) is 7.23. The van der Waals surface area contributed by atoms with Crippen LogP contribution in [0, 0.1) is 17.2 Å². The molecule has 1 atom stereocenters. The van der Waals surface area contributed by atoms with Crippen molar-refractivity contribution in [2.75, 3.05) is 7.05 Å². The van der Waals surface area contributed by atoms with Gasteiger partial charge in [0.1, 0.15) is 4.90 Å². The third-order valence-electron chi connectivity index (χ3n) is 3.60. The lowest BCUT2D eigenvalue weighted by molar-refractivity contribution is 0.357. The fourth-order valence-corrected chi connectivity index (χ4v) is 3.94. The van der Waals surface area contributed by atoms with Gasteiger partial charge in [0.25, 0.3) is 0 Å². The first-order valence-electron chi connectivity index (χ1n) is 6.05. The second-order valence-electron chi connectivity index (χ2n) is 4.86. The summed E-state index contributed by atoms with van der Waals surface area (Å²) in [6, 6.07) is 6.16. The number of benzene rings is 1. The fraction of sp³-hybridized carbons (Fsp3) is 0.462. The number of hydrogen-bond donors (Lipinski definition) is 0. The Labute approximate surface area is 118 Å². The zero-order valence-electron chi connectivity index (χ0n) is 10.8. The van der Waals surface area contributed by atoms with E-state index in [0.717, 1.165) is 12.8 Å². The van der Waals surface area contributed by atoms with Crippen molar-refractivity contribution in [1.82, 2.24) is 4.31 Å². The van der Waals surface area contributed by atoms with Gasteiger partial charge in [0.2, 0.25) is 10.0 Å². The summed E-state index contributed by atoms with van der Waals surface area (Å²) in [4.78, 5) is 0.00298. The van der Waals surface area contributed by atoms with Gasteiger partial charge in [-0.1, -0.05) is 11.6 Å². The Hall–Kier alpha value is -1.09. The minimum atomic E-state index is -3.66. The van der Waals surface area contributed by atoms with Gasteiger partial charge in [0.05, 0.1) is 16.7 Å². The second kappa shape index (κ2) is 5.12. The molecule has 6 heteroatoms. The Morgan fingerprint density at radius 1 is 1.47 bits per heavy atom. The molecule has 4 nitrogen and oxygen atoms in total. The van der Waals surface area contributed by atoms with Gasteiger partial charge in [-0.3, -0.25) is 0 Å². The highest BCUT2D eigenvalue weighted by atomic mass is 35.5. The van der Waals surface area contributed by atoms with E-state index < -0.39 is 10.0 Å². The number of hydrogen-bond acceptors (Lipinski definition) is 3. The van der Waals surface area contributed by atoms with Crippen LogP contribution in [0.1, 0.15) is 25.3 Å². The van der Waals surface area contributed by atoms with Crippen molar-refractivity contribution in [3.05, 3.63) is 28.8 Å². The molecule has 1 aromatic carbocycles. The summed E-state index contributed by atoms with van der Waals surface area (Å²) in [6.45, 7) is 1.90. The predicted octanol–water partition coefficient (Wildman–Crippen LogP) is 2.63. The molecule has 1 fully saturated rings. The van der Waals surface area contributed by atoms with Crippen LogP contribution in [0.25, 0.3) is 0 Å². The van der Waals surface area contributed by atoms with Crippen molar-refractivity contribution in [2.24, 2.45) is 5.92 Å². The summed E-state index contributed by atoms with van der Waals surface area (Å²) >= 11 is 5.97. The third kappa shape index (κ3) is 2.76. The van der Waals surface area contributed by atoms with E-state index in [1.165, 1.54) is 22.5 Å². The summed E-state index contributed by atoms with van der Waals surface area (Å²) in [7, 11) is -2.09. The number of nitrogens with zero attached hydrogens (tertiary/aromatic N) is 2. The largest absolute Gasteiger partial charge is 0.244 e. The van der Waals surface area contributed by atoms with Crippen LogP contribution in [0.4, 0.5) is 0 Å². The summed E-state index contributed by atoms with van der Waals surface area (Å²) in [6.07, 6.45) is 2.12. The average Bonchev–Trinajstić information content (AvgIpc) is 3.21. The molecular weight excluding hydrogens is 284 g/mol. The Balaban J connectivity index is 2.41. The maximum Gasteiger partial charge on any atom is 0.244 e. The predicted molar refractivity (Wildman–Crippen MR) is 73.3 cm³/mol. The Morgan fingerprint density at radius 3 is 2.63 bits per heavy atom. The number of rotatable bonds is 4. The SMILES string of the molecule is CC(C1CC1)N(C)S(=O)(=O)c1cc(C#N)ccc1Cl. The zero-order valence-corrected chi connectivity index (χ0v) is 12.4. The molecule has 0 bridgehead atoms. The van der Waals surface area contributed by atoms with Crippen molar-refractivity contribution >= 4 is 21.6 Å². The molecule has 19 heavy (non-hydrogen) atoms. The molecule has 2 rings (SSSR count). The Morgan fingerprint density at radius 2 is 2.11 bits per heavy atom. The first-order chi connectivity index (χ1) is 8.87. The highest BCUT2D eigenvalue weighted by Crippen LogP contribution is 2.37. The van der Waals surface area contributed by atoms with Crippen LogP contribution >= 0.6 is 11.6 Å². The van der Waals surface area contributed by atoms with Gasteiger partial charge in [-0.05, 0) is 43.9 Å². The highest BCUT2D eigenvalue weighted by molar-refractivity contribution is 7.89. The van der Waals surface area contributed by atoms with Crippen molar-refractivity contribution in [3.63, 3.8) is 0 Å². The van der Waals surface area contributed by atoms with Crippen LogP contribution in [-0.4, -0.2) is 25.8 Å². The van der Waals surface area contributed by atoms with Gasteiger partial charge in [0.15, 0.2) is 0 Å². The van der Waals surface area contributed by atoms with Crippen molar-refractivity contribution < 1.29 is 8.42 Å². The van der Waals surface area contributed by atoms with Gasteiger partial charge >= 0.3 is 0 Å². The van der Waals surface area contributed by atoms with E-state index in [2.05, 4.69) is 0 Å². The fourth-order valence-electron chi connectivity index (χ4n) is 2.02. The van der Waals surface area contributed by atoms with Crippen molar-refractivity contribution in [1.29, 1.82) is 5.26 Å². The molecular formula is C13H15ClN2O2S. The van der Waals surface area contributed by atoms with Crippen LogP contribution in [0.15, 0.2) is 23.1 Å². The number of sulfonamides is 1. The molecule has 0 radical (unpaired) electrons. The van der Waals surface area contributed by atoms with E-state index in [4.69, 9.17) is 16.9 Å². The third-order valence-corrected chi connectivity index (χ3v) is 6.02. The molecule has 0 spiro atoms.